The molecule has 0 aromatic heterocycles. The van der Waals surface area contributed by atoms with Crippen molar-refractivity contribution in [2.45, 2.75) is 52.1 Å². The predicted molar refractivity (Wildman–Crippen MR) is 71.6 cm³/mol. The first-order valence-corrected chi connectivity index (χ1v) is 6.86. The minimum atomic E-state index is -0.416. The van der Waals surface area contributed by atoms with Crippen LogP contribution in [0.15, 0.2) is 0 Å². The molecule has 0 spiro atoms. The first-order chi connectivity index (χ1) is 8.40. The molecule has 1 saturated carbocycles. The second kappa shape index (κ2) is 6.98. The summed E-state index contributed by atoms with van der Waals surface area (Å²) in [7, 11) is 1.76. The number of rotatable bonds is 4. The van der Waals surface area contributed by atoms with Gasteiger partial charge in [0.2, 0.25) is 0 Å². The molecule has 0 aromatic carbocycles. The molecule has 0 atom stereocenters. The fourth-order valence-electron chi connectivity index (χ4n) is 2.38. The van der Waals surface area contributed by atoms with Crippen molar-refractivity contribution >= 4 is 6.09 Å². The van der Waals surface area contributed by atoms with E-state index in [2.05, 4.69) is 5.32 Å². The Kier molecular flexibility index (Phi) is 5.93. The van der Waals surface area contributed by atoms with Crippen LogP contribution in [0.5, 0.6) is 0 Å². The molecular weight excluding hydrogens is 230 g/mol. The molecular formula is C14H27NO3. The van der Waals surface area contributed by atoms with Crippen molar-refractivity contribution in [2.24, 2.45) is 11.8 Å². The summed E-state index contributed by atoms with van der Waals surface area (Å²) >= 11 is 0. The Labute approximate surface area is 110 Å². The summed E-state index contributed by atoms with van der Waals surface area (Å²) in [4.78, 5) is 11.5. The molecule has 0 aromatic rings. The highest BCUT2D eigenvalue weighted by molar-refractivity contribution is 5.67. The number of methoxy groups -OCH3 is 1. The molecule has 1 fully saturated rings. The number of carbonyl (C=O) groups is 1. The van der Waals surface area contributed by atoms with Gasteiger partial charge in [-0.1, -0.05) is 0 Å². The Morgan fingerprint density at radius 2 is 1.72 bits per heavy atom. The van der Waals surface area contributed by atoms with E-state index < -0.39 is 5.60 Å². The molecule has 106 valence electrons. The standard InChI is InChI=1S/C14H27NO3/c1-14(2,3)18-13(16)15-9-11-5-7-12(8-6-11)10-17-4/h11-12H,5-10H2,1-4H3,(H,15,16)/t11-,12-. The number of amides is 1. The number of ether oxygens (including phenoxy) is 2. The third-order valence-corrected chi connectivity index (χ3v) is 3.30. The summed E-state index contributed by atoms with van der Waals surface area (Å²) < 4.78 is 10.4. The second-order valence-corrected chi connectivity index (χ2v) is 6.22. The zero-order chi connectivity index (χ0) is 13.6. The highest BCUT2D eigenvalue weighted by Gasteiger charge is 2.22. The van der Waals surface area contributed by atoms with Gasteiger partial charge in [-0.2, -0.15) is 0 Å². The fraction of sp³-hybridized carbons (Fsp3) is 0.929. The molecule has 4 nitrogen and oxygen atoms in total. The molecule has 1 N–H and O–H groups in total. The lowest BCUT2D eigenvalue weighted by Gasteiger charge is -2.28. The molecule has 0 heterocycles. The highest BCUT2D eigenvalue weighted by atomic mass is 16.6. The van der Waals surface area contributed by atoms with Crippen molar-refractivity contribution < 1.29 is 14.3 Å². The van der Waals surface area contributed by atoms with Crippen molar-refractivity contribution in [3.8, 4) is 0 Å². The van der Waals surface area contributed by atoms with Crippen LogP contribution in [0, 0.1) is 11.8 Å². The maximum Gasteiger partial charge on any atom is 0.407 e. The molecule has 0 bridgehead atoms. The van der Waals surface area contributed by atoms with Crippen LogP contribution < -0.4 is 5.32 Å². The lowest BCUT2D eigenvalue weighted by molar-refractivity contribution is 0.0508. The number of nitrogens with one attached hydrogen (secondary N) is 1. The fourth-order valence-corrected chi connectivity index (χ4v) is 2.38. The third kappa shape index (κ3) is 6.24. The number of hydrogen-bond donors (Lipinski definition) is 1. The van der Waals surface area contributed by atoms with Gasteiger partial charge >= 0.3 is 6.09 Å². The van der Waals surface area contributed by atoms with E-state index in [1.54, 1.807) is 7.11 Å². The summed E-state index contributed by atoms with van der Waals surface area (Å²) in [5.74, 6) is 1.29. The molecule has 0 saturated heterocycles. The van der Waals surface area contributed by atoms with Crippen molar-refractivity contribution in [2.75, 3.05) is 20.3 Å². The number of carbonyl (C=O) groups excluding carboxylic acids is 1. The Bertz CT molecular complexity index is 252. The van der Waals surface area contributed by atoms with E-state index in [-0.39, 0.29) is 6.09 Å². The third-order valence-electron chi connectivity index (χ3n) is 3.30. The van der Waals surface area contributed by atoms with Crippen LogP contribution >= 0.6 is 0 Å². The van der Waals surface area contributed by atoms with Crippen LogP contribution in [0.1, 0.15) is 46.5 Å². The second-order valence-electron chi connectivity index (χ2n) is 6.22. The van der Waals surface area contributed by atoms with E-state index in [4.69, 9.17) is 9.47 Å². The average molecular weight is 257 g/mol. The maximum absolute atomic E-state index is 11.5. The Hall–Kier alpha value is -0.770. The molecule has 1 rings (SSSR count). The minimum Gasteiger partial charge on any atom is -0.444 e. The average Bonchev–Trinajstić information content (AvgIpc) is 2.26. The highest BCUT2D eigenvalue weighted by Crippen LogP contribution is 2.28. The molecule has 4 heteroatoms. The van der Waals surface area contributed by atoms with Gasteiger partial charge in [-0.15, -0.1) is 0 Å². The molecule has 0 radical (unpaired) electrons. The Morgan fingerprint density at radius 1 is 1.17 bits per heavy atom. The molecule has 18 heavy (non-hydrogen) atoms. The van der Waals surface area contributed by atoms with Crippen molar-refractivity contribution in [3.63, 3.8) is 0 Å². The van der Waals surface area contributed by atoms with Crippen LogP contribution in [0.2, 0.25) is 0 Å². The van der Waals surface area contributed by atoms with Crippen LogP contribution in [0.25, 0.3) is 0 Å². The molecule has 0 aliphatic heterocycles. The van der Waals surface area contributed by atoms with Gasteiger partial charge in [0.15, 0.2) is 0 Å². The van der Waals surface area contributed by atoms with E-state index in [0.29, 0.717) is 11.8 Å². The molecule has 0 unspecified atom stereocenters. The number of hydrogen-bond acceptors (Lipinski definition) is 3. The van der Waals surface area contributed by atoms with E-state index in [1.807, 2.05) is 20.8 Å². The largest absolute Gasteiger partial charge is 0.444 e. The normalized spacial score (nSPS) is 24.7. The Morgan fingerprint density at radius 3 is 2.22 bits per heavy atom. The van der Waals surface area contributed by atoms with Gasteiger partial charge in [0, 0.05) is 20.3 Å². The summed E-state index contributed by atoms with van der Waals surface area (Å²) in [5, 5.41) is 2.86. The van der Waals surface area contributed by atoms with E-state index in [0.717, 1.165) is 13.2 Å². The van der Waals surface area contributed by atoms with Crippen LogP contribution in [0.4, 0.5) is 4.79 Å². The quantitative estimate of drug-likeness (QED) is 0.842. The summed E-state index contributed by atoms with van der Waals surface area (Å²) in [6.07, 6.45) is 4.44. The summed E-state index contributed by atoms with van der Waals surface area (Å²) in [5.41, 5.74) is -0.416. The smallest absolute Gasteiger partial charge is 0.407 e. The van der Waals surface area contributed by atoms with Crippen molar-refractivity contribution in [1.29, 1.82) is 0 Å². The predicted octanol–water partition coefficient (Wildman–Crippen LogP) is 2.96. The van der Waals surface area contributed by atoms with Crippen LogP contribution in [-0.4, -0.2) is 32.0 Å². The lowest BCUT2D eigenvalue weighted by atomic mass is 9.82. The van der Waals surface area contributed by atoms with Crippen LogP contribution in [-0.2, 0) is 9.47 Å². The van der Waals surface area contributed by atoms with E-state index in [9.17, 15) is 4.79 Å². The molecule has 1 aliphatic carbocycles. The topological polar surface area (TPSA) is 47.6 Å². The van der Waals surface area contributed by atoms with Crippen LogP contribution in [0.3, 0.4) is 0 Å². The van der Waals surface area contributed by atoms with Crippen molar-refractivity contribution in [3.05, 3.63) is 0 Å². The maximum atomic E-state index is 11.5. The van der Waals surface area contributed by atoms with E-state index >= 15 is 0 Å². The molecule has 1 amide bonds. The monoisotopic (exact) mass is 257 g/mol. The van der Waals surface area contributed by atoms with Gasteiger partial charge < -0.3 is 14.8 Å². The van der Waals surface area contributed by atoms with Crippen molar-refractivity contribution in [1.82, 2.24) is 5.32 Å². The zero-order valence-electron chi connectivity index (χ0n) is 12.1. The van der Waals surface area contributed by atoms with Gasteiger partial charge in [-0.05, 0) is 58.3 Å². The first-order valence-electron chi connectivity index (χ1n) is 6.86. The number of alkyl carbamates (subject to hydrolysis) is 1. The summed E-state index contributed by atoms with van der Waals surface area (Å²) in [6, 6.07) is 0. The molecule has 1 aliphatic rings. The first kappa shape index (κ1) is 15.3. The van der Waals surface area contributed by atoms with Gasteiger partial charge in [0.25, 0.3) is 0 Å². The lowest BCUT2D eigenvalue weighted by Crippen LogP contribution is -2.36. The van der Waals surface area contributed by atoms with Gasteiger partial charge in [-0.25, -0.2) is 4.79 Å². The van der Waals surface area contributed by atoms with E-state index in [1.165, 1.54) is 25.7 Å². The van der Waals surface area contributed by atoms with Gasteiger partial charge in [0.1, 0.15) is 5.60 Å². The minimum absolute atomic E-state index is 0.304. The SMILES string of the molecule is COC[C@H]1CC[C@H](CNC(=O)OC(C)(C)C)CC1. The van der Waals surface area contributed by atoms with Gasteiger partial charge in [0.05, 0.1) is 0 Å². The zero-order valence-corrected chi connectivity index (χ0v) is 12.1. The Balaban J connectivity index is 2.16. The summed E-state index contributed by atoms with van der Waals surface area (Å²) in [6.45, 7) is 7.23. The van der Waals surface area contributed by atoms with Gasteiger partial charge in [-0.3, -0.25) is 0 Å².